The number of thiophene rings is 1. The van der Waals surface area contributed by atoms with Gasteiger partial charge in [0.1, 0.15) is 11.4 Å². The molecule has 0 radical (unpaired) electrons. The molecule has 8 heteroatoms. The molecule has 0 aliphatic carbocycles. The largest absolute Gasteiger partial charge is 0.394 e. The summed E-state index contributed by atoms with van der Waals surface area (Å²) in [6.45, 7) is -0.160. The third-order valence-electron chi connectivity index (χ3n) is 2.72. The fourth-order valence-electron chi connectivity index (χ4n) is 1.78. The predicted octanol–water partition coefficient (Wildman–Crippen LogP) is -0.419. The maximum atomic E-state index is 12.1. The Balaban J connectivity index is 2.09. The number of carbonyl (C=O) groups excluding carboxylic acids is 1. The number of fused-ring (bicyclic) bond motifs is 1. The number of aliphatic hydroxyl groups is 1. The van der Waals surface area contributed by atoms with E-state index in [1.807, 2.05) is 0 Å². The van der Waals surface area contributed by atoms with Gasteiger partial charge >= 0.3 is 0 Å². The van der Waals surface area contributed by atoms with Crippen molar-refractivity contribution in [1.29, 1.82) is 0 Å². The third-order valence-corrected chi connectivity index (χ3v) is 3.54. The Morgan fingerprint density at radius 1 is 1.65 bits per heavy atom. The van der Waals surface area contributed by atoms with Gasteiger partial charge in [0.05, 0.1) is 31.0 Å². The molecule has 0 bridgehead atoms. The van der Waals surface area contributed by atoms with Gasteiger partial charge in [0.15, 0.2) is 0 Å². The Hall–Kier alpha value is -1.77. The third kappa shape index (κ3) is 3.21. The molecule has 0 aliphatic rings. The van der Waals surface area contributed by atoms with E-state index in [0.29, 0.717) is 10.2 Å². The summed E-state index contributed by atoms with van der Waals surface area (Å²) in [5.41, 5.74) is -0.251. The highest BCUT2D eigenvalue weighted by Gasteiger charge is 2.13. The summed E-state index contributed by atoms with van der Waals surface area (Å²) in [7, 11) is 1.48. The lowest BCUT2D eigenvalue weighted by molar-refractivity contribution is -0.123. The van der Waals surface area contributed by atoms with Crippen LogP contribution in [0.4, 0.5) is 0 Å². The van der Waals surface area contributed by atoms with Crippen molar-refractivity contribution in [1.82, 2.24) is 14.9 Å². The van der Waals surface area contributed by atoms with Gasteiger partial charge in [-0.2, -0.15) is 0 Å². The van der Waals surface area contributed by atoms with E-state index in [1.54, 1.807) is 11.4 Å². The van der Waals surface area contributed by atoms with Crippen LogP contribution in [0.25, 0.3) is 10.2 Å². The molecule has 20 heavy (non-hydrogen) atoms. The smallest absolute Gasteiger partial charge is 0.262 e. The topological polar surface area (TPSA) is 93.4 Å². The van der Waals surface area contributed by atoms with E-state index >= 15 is 0 Å². The lowest BCUT2D eigenvalue weighted by atomic mass is 10.3. The average Bonchev–Trinajstić information content (AvgIpc) is 2.90. The molecule has 1 unspecified atom stereocenters. The fraction of sp³-hybridized carbons (Fsp3) is 0.417. The van der Waals surface area contributed by atoms with Crippen molar-refractivity contribution in [2.75, 3.05) is 20.3 Å². The van der Waals surface area contributed by atoms with Crippen molar-refractivity contribution >= 4 is 27.5 Å². The average molecular weight is 297 g/mol. The van der Waals surface area contributed by atoms with Gasteiger partial charge in [-0.05, 0) is 11.4 Å². The van der Waals surface area contributed by atoms with Crippen LogP contribution in [0, 0.1) is 0 Å². The summed E-state index contributed by atoms with van der Waals surface area (Å²) in [4.78, 5) is 28.7. The van der Waals surface area contributed by atoms with Crippen LogP contribution in [0.15, 0.2) is 22.6 Å². The quantitative estimate of drug-likeness (QED) is 0.755. The molecule has 0 spiro atoms. The van der Waals surface area contributed by atoms with Gasteiger partial charge in [-0.3, -0.25) is 14.2 Å². The number of hydrogen-bond donors (Lipinski definition) is 2. The zero-order valence-corrected chi connectivity index (χ0v) is 11.7. The molecule has 2 N–H and O–H groups in total. The zero-order valence-electron chi connectivity index (χ0n) is 10.9. The first-order valence-corrected chi connectivity index (χ1v) is 6.85. The number of carbonyl (C=O) groups is 1. The summed E-state index contributed by atoms with van der Waals surface area (Å²) >= 11 is 1.38. The first-order valence-electron chi connectivity index (χ1n) is 5.97. The van der Waals surface area contributed by atoms with Gasteiger partial charge in [0.25, 0.3) is 5.56 Å². The highest BCUT2D eigenvalue weighted by atomic mass is 32.1. The van der Waals surface area contributed by atoms with Crippen molar-refractivity contribution in [2.24, 2.45) is 0 Å². The van der Waals surface area contributed by atoms with Crippen LogP contribution in [-0.4, -0.2) is 46.9 Å². The normalized spacial score (nSPS) is 12.5. The Kier molecular flexibility index (Phi) is 4.83. The van der Waals surface area contributed by atoms with E-state index in [2.05, 4.69) is 10.3 Å². The predicted molar refractivity (Wildman–Crippen MR) is 74.8 cm³/mol. The SMILES string of the molecule is COCC(CO)NC(=O)Cn1cnc2sccc2c1=O. The lowest BCUT2D eigenvalue weighted by Gasteiger charge is -2.15. The number of rotatable bonds is 6. The Morgan fingerprint density at radius 3 is 3.15 bits per heavy atom. The molecule has 1 amide bonds. The van der Waals surface area contributed by atoms with Crippen molar-refractivity contribution in [3.05, 3.63) is 28.1 Å². The minimum Gasteiger partial charge on any atom is -0.394 e. The second-order valence-electron chi connectivity index (χ2n) is 4.22. The maximum Gasteiger partial charge on any atom is 0.262 e. The van der Waals surface area contributed by atoms with Crippen LogP contribution in [0.2, 0.25) is 0 Å². The second-order valence-corrected chi connectivity index (χ2v) is 5.11. The molecule has 0 saturated heterocycles. The van der Waals surface area contributed by atoms with Crippen molar-refractivity contribution in [2.45, 2.75) is 12.6 Å². The number of hydrogen-bond acceptors (Lipinski definition) is 6. The van der Waals surface area contributed by atoms with Crippen molar-refractivity contribution in [3.8, 4) is 0 Å². The van der Waals surface area contributed by atoms with E-state index in [-0.39, 0.29) is 31.2 Å². The molecule has 0 fully saturated rings. The molecule has 0 saturated carbocycles. The van der Waals surface area contributed by atoms with Gasteiger partial charge in [-0.25, -0.2) is 4.98 Å². The van der Waals surface area contributed by atoms with E-state index in [0.717, 1.165) is 0 Å². The molecule has 7 nitrogen and oxygen atoms in total. The van der Waals surface area contributed by atoms with Crippen LogP contribution in [-0.2, 0) is 16.1 Å². The summed E-state index contributed by atoms with van der Waals surface area (Å²) < 4.78 is 6.10. The summed E-state index contributed by atoms with van der Waals surface area (Å²) in [6.07, 6.45) is 1.35. The first kappa shape index (κ1) is 14.6. The molecule has 0 aromatic carbocycles. The minimum absolute atomic E-state index is 0.141. The van der Waals surface area contributed by atoms with Crippen molar-refractivity contribution < 1.29 is 14.6 Å². The first-order chi connectivity index (χ1) is 9.65. The van der Waals surface area contributed by atoms with Gasteiger partial charge in [0, 0.05) is 7.11 Å². The van der Waals surface area contributed by atoms with Gasteiger partial charge in [0.2, 0.25) is 5.91 Å². The molecular weight excluding hydrogens is 282 g/mol. The van der Waals surface area contributed by atoms with E-state index < -0.39 is 6.04 Å². The molecule has 0 aliphatic heterocycles. The Bertz CT molecular complexity index is 651. The monoisotopic (exact) mass is 297 g/mol. The number of nitrogens with one attached hydrogen (secondary N) is 1. The highest BCUT2D eigenvalue weighted by Crippen LogP contribution is 2.13. The van der Waals surface area contributed by atoms with Crippen LogP contribution < -0.4 is 10.9 Å². The molecule has 2 aromatic rings. The minimum atomic E-state index is -0.485. The van der Waals surface area contributed by atoms with Gasteiger partial charge < -0.3 is 15.2 Å². The van der Waals surface area contributed by atoms with Crippen LogP contribution in [0.5, 0.6) is 0 Å². The molecular formula is C12H15N3O4S. The highest BCUT2D eigenvalue weighted by molar-refractivity contribution is 7.16. The van der Waals surface area contributed by atoms with E-state index in [1.165, 1.54) is 29.3 Å². The Morgan fingerprint density at radius 2 is 2.45 bits per heavy atom. The lowest BCUT2D eigenvalue weighted by Crippen LogP contribution is -2.43. The van der Waals surface area contributed by atoms with Gasteiger partial charge in [-0.15, -0.1) is 11.3 Å². The standard InChI is InChI=1S/C12H15N3O4S/c1-19-6-8(5-16)14-10(17)4-15-7-13-11-9(12(15)18)2-3-20-11/h2-3,7-8,16H,4-6H2,1H3,(H,14,17). The number of aromatic nitrogens is 2. The summed E-state index contributed by atoms with van der Waals surface area (Å²) in [5, 5.41) is 13.9. The van der Waals surface area contributed by atoms with Crippen LogP contribution in [0.1, 0.15) is 0 Å². The molecule has 1 atom stereocenters. The van der Waals surface area contributed by atoms with Crippen LogP contribution in [0.3, 0.4) is 0 Å². The fourth-order valence-corrected chi connectivity index (χ4v) is 2.50. The molecule has 108 valence electrons. The molecule has 2 heterocycles. The number of amides is 1. The van der Waals surface area contributed by atoms with Crippen molar-refractivity contribution in [3.63, 3.8) is 0 Å². The number of ether oxygens (including phenoxy) is 1. The van der Waals surface area contributed by atoms with E-state index in [4.69, 9.17) is 9.84 Å². The number of nitrogens with zero attached hydrogens (tertiary/aromatic N) is 2. The van der Waals surface area contributed by atoms with Gasteiger partial charge in [-0.1, -0.05) is 0 Å². The Labute approximate surface area is 118 Å². The molecule has 2 aromatic heterocycles. The summed E-state index contributed by atoms with van der Waals surface area (Å²) in [5.74, 6) is -0.375. The number of methoxy groups -OCH3 is 1. The van der Waals surface area contributed by atoms with E-state index in [9.17, 15) is 9.59 Å². The van der Waals surface area contributed by atoms with Crippen LogP contribution >= 0.6 is 11.3 Å². The second kappa shape index (κ2) is 6.60. The molecule has 2 rings (SSSR count). The summed E-state index contributed by atoms with van der Waals surface area (Å²) in [6, 6.07) is 1.20. The maximum absolute atomic E-state index is 12.1. The number of aliphatic hydroxyl groups excluding tert-OH is 1. The zero-order chi connectivity index (χ0) is 14.5.